The summed E-state index contributed by atoms with van der Waals surface area (Å²) in [5.74, 6) is -3.19. The van der Waals surface area contributed by atoms with Gasteiger partial charge in [0.25, 0.3) is 17.5 Å². The van der Waals surface area contributed by atoms with Crippen molar-refractivity contribution >= 4 is 35.1 Å². The van der Waals surface area contributed by atoms with Gasteiger partial charge in [-0.1, -0.05) is 32.0 Å². The van der Waals surface area contributed by atoms with Gasteiger partial charge in [0.15, 0.2) is 6.61 Å². The molecule has 0 bridgehead atoms. The molecule has 0 saturated carbocycles. The number of nitro groups is 1. The number of hydrazine groups is 1. The van der Waals surface area contributed by atoms with Gasteiger partial charge >= 0.3 is 5.97 Å². The summed E-state index contributed by atoms with van der Waals surface area (Å²) in [5, 5.41) is 14.5. The number of aryl methyl sites for hydroxylation is 2. The molecule has 3 rings (SSSR count). The van der Waals surface area contributed by atoms with Crippen LogP contribution in [-0.4, -0.2) is 46.8 Å². The average molecular weight is 482 g/mol. The number of hydrogen-bond acceptors (Lipinski definition) is 7. The van der Waals surface area contributed by atoms with Crippen molar-refractivity contribution in [3.8, 4) is 0 Å². The number of ether oxygens (including phenoxy) is 1. The molecule has 35 heavy (non-hydrogen) atoms. The van der Waals surface area contributed by atoms with Crippen LogP contribution in [0.2, 0.25) is 0 Å². The van der Waals surface area contributed by atoms with E-state index in [0.717, 1.165) is 34.7 Å². The minimum atomic E-state index is -0.846. The van der Waals surface area contributed by atoms with Crippen LogP contribution in [0.5, 0.6) is 0 Å². The van der Waals surface area contributed by atoms with Crippen molar-refractivity contribution in [2.24, 2.45) is 5.92 Å². The minimum Gasteiger partial charge on any atom is -0.455 e. The Kier molecular flexibility index (Phi) is 8.13. The number of rotatable bonds is 9. The van der Waals surface area contributed by atoms with E-state index >= 15 is 0 Å². The molecule has 1 aliphatic heterocycles. The van der Waals surface area contributed by atoms with Crippen molar-refractivity contribution in [1.29, 1.82) is 0 Å². The van der Waals surface area contributed by atoms with Crippen molar-refractivity contribution in [3.05, 3.63) is 69.3 Å². The largest absolute Gasteiger partial charge is 0.455 e. The number of carbonyl (C=O) groups excluding carboxylic acids is 4. The number of non-ortho nitro benzene ring substituents is 1. The summed E-state index contributed by atoms with van der Waals surface area (Å²) in [7, 11) is 0. The average Bonchev–Trinajstić information content (AvgIpc) is 3.22. The number of nitro benzene ring substituents is 1. The number of carbonyl (C=O) groups is 4. The molecule has 1 aliphatic rings. The van der Waals surface area contributed by atoms with Crippen molar-refractivity contribution < 1.29 is 28.8 Å². The van der Waals surface area contributed by atoms with Crippen LogP contribution in [0.15, 0.2) is 42.5 Å². The first-order chi connectivity index (χ1) is 16.7. The summed E-state index contributed by atoms with van der Waals surface area (Å²) in [4.78, 5) is 59.6. The molecule has 0 radical (unpaired) electrons. The number of nitrogens with one attached hydrogen (secondary N) is 2. The molecular weight excluding hydrogens is 456 g/mol. The molecule has 1 fully saturated rings. The molecule has 2 N–H and O–H groups in total. The zero-order valence-corrected chi connectivity index (χ0v) is 19.4. The maximum atomic E-state index is 12.4. The maximum Gasteiger partial charge on any atom is 0.311 e. The standard InChI is InChI=1S/C24H26N4O7/c1-3-15-6-5-7-16(4-2)22(15)25-20(29)14-35-24(32)18-12-21(30)27(13-18)26-23(31)17-8-10-19(11-9-17)28(33)34/h5-11,18H,3-4,12-14H2,1-2H3,(H,25,29)(H,26,31). The fourth-order valence-corrected chi connectivity index (χ4v) is 3.73. The second kappa shape index (κ2) is 11.2. The number of nitrogens with zero attached hydrogens (tertiary/aromatic N) is 2. The van der Waals surface area contributed by atoms with E-state index in [4.69, 9.17) is 4.74 Å². The van der Waals surface area contributed by atoms with Gasteiger partial charge in [-0.15, -0.1) is 0 Å². The smallest absolute Gasteiger partial charge is 0.311 e. The zero-order chi connectivity index (χ0) is 25.5. The van der Waals surface area contributed by atoms with Gasteiger partial charge in [-0.2, -0.15) is 0 Å². The second-order valence-corrected chi connectivity index (χ2v) is 7.96. The Bertz CT molecular complexity index is 1120. The summed E-state index contributed by atoms with van der Waals surface area (Å²) in [6.07, 6.45) is 1.28. The highest BCUT2D eigenvalue weighted by Gasteiger charge is 2.36. The SMILES string of the molecule is CCc1cccc(CC)c1NC(=O)COC(=O)C1CC(=O)N(NC(=O)c2ccc([N+](=O)[O-])cc2)C1. The summed E-state index contributed by atoms with van der Waals surface area (Å²) in [6, 6.07) is 10.6. The summed E-state index contributed by atoms with van der Waals surface area (Å²) in [6.45, 7) is 3.35. The van der Waals surface area contributed by atoms with Gasteiger partial charge in [-0.3, -0.25) is 39.7 Å². The molecule has 3 amide bonds. The molecule has 0 spiro atoms. The number of esters is 1. The Morgan fingerprint density at radius 2 is 1.71 bits per heavy atom. The van der Waals surface area contributed by atoms with E-state index in [1.807, 2.05) is 32.0 Å². The molecule has 0 aromatic heterocycles. The van der Waals surface area contributed by atoms with Gasteiger partial charge in [0, 0.05) is 29.8 Å². The molecule has 1 atom stereocenters. The van der Waals surface area contributed by atoms with Crippen LogP contribution < -0.4 is 10.7 Å². The van der Waals surface area contributed by atoms with Crippen LogP contribution in [0.25, 0.3) is 0 Å². The fourth-order valence-electron chi connectivity index (χ4n) is 3.73. The molecule has 2 aromatic rings. The molecule has 2 aromatic carbocycles. The number of amides is 3. The highest BCUT2D eigenvalue weighted by atomic mass is 16.6. The third-order valence-corrected chi connectivity index (χ3v) is 5.64. The Hall–Kier alpha value is -4.28. The quantitative estimate of drug-likeness (QED) is 0.317. The molecule has 1 heterocycles. The Morgan fingerprint density at radius 3 is 2.29 bits per heavy atom. The van der Waals surface area contributed by atoms with Crippen molar-refractivity contribution in [3.63, 3.8) is 0 Å². The van der Waals surface area contributed by atoms with E-state index in [1.165, 1.54) is 24.3 Å². The van der Waals surface area contributed by atoms with Gasteiger partial charge in [0.2, 0.25) is 5.91 Å². The summed E-state index contributed by atoms with van der Waals surface area (Å²) in [5.41, 5.74) is 5.00. The highest BCUT2D eigenvalue weighted by Crippen LogP contribution is 2.23. The van der Waals surface area contributed by atoms with E-state index in [-0.39, 0.29) is 24.2 Å². The lowest BCUT2D eigenvalue weighted by atomic mass is 10.0. The topological polar surface area (TPSA) is 148 Å². The van der Waals surface area contributed by atoms with Gasteiger partial charge in [-0.05, 0) is 36.1 Å². The second-order valence-electron chi connectivity index (χ2n) is 7.96. The first kappa shape index (κ1) is 25.3. The fraction of sp³-hybridized carbons (Fsp3) is 0.333. The van der Waals surface area contributed by atoms with E-state index in [9.17, 15) is 29.3 Å². The first-order valence-electron chi connectivity index (χ1n) is 11.2. The van der Waals surface area contributed by atoms with Crippen molar-refractivity contribution in [2.75, 3.05) is 18.5 Å². The lowest BCUT2D eigenvalue weighted by Gasteiger charge is -2.17. The van der Waals surface area contributed by atoms with Crippen LogP contribution in [0.1, 0.15) is 41.8 Å². The molecular formula is C24H26N4O7. The molecule has 11 heteroatoms. The third kappa shape index (κ3) is 6.19. The first-order valence-corrected chi connectivity index (χ1v) is 11.2. The minimum absolute atomic E-state index is 0.114. The lowest BCUT2D eigenvalue weighted by Crippen LogP contribution is -2.43. The van der Waals surface area contributed by atoms with Crippen LogP contribution in [0.4, 0.5) is 11.4 Å². The summed E-state index contributed by atoms with van der Waals surface area (Å²) >= 11 is 0. The number of hydrogen-bond donors (Lipinski definition) is 2. The van der Waals surface area contributed by atoms with Crippen LogP contribution in [0, 0.1) is 16.0 Å². The Morgan fingerprint density at radius 1 is 1.09 bits per heavy atom. The molecule has 1 saturated heterocycles. The highest BCUT2D eigenvalue weighted by molar-refractivity contribution is 5.97. The summed E-state index contributed by atoms with van der Waals surface area (Å²) < 4.78 is 5.12. The normalized spacial score (nSPS) is 15.0. The number of benzene rings is 2. The predicted molar refractivity (Wildman–Crippen MR) is 125 cm³/mol. The van der Waals surface area contributed by atoms with Gasteiger partial charge in [-0.25, -0.2) is 0 Å². The molecule has 0 aliphatic carbocycles. The lowest BCUT2D eigenvalue weighted by molar-refractivity contribution is -0.384. The number of anilines is 1. The van der Waals surface area contributed by atoms with Crippen molar-refractivity contribution in [2.45, 2.75) is 33.1 Å². The van der Waals surface area contributed by atoms with Crippen LogP contribution in [-0.2, 0) is 32.0 Å². The number of para-hydroxylation sites is 1. The molecule has 11 nitrogen and oxygen atoms in total. The van der Waals surface area contributed by atoms with Crippen LogP contribution >= 0.6 is 0 Å². The van der Waals surface area contributed by atoms with Crippen LogP contribution in [0.3, 0.4) is 0 Å². The zero-order valence-electron chi connectivity index (χ0n) is 19.4. The van der Waals surface area contributed by atoms with Gasteiger partial charge in [0.1, 0.15) is 0 Å². The van der Waals surface area contributed by atoms with E-state index in [1.54, 1.807) is 0 Å². The van der Waals surface area contributed by atoms with Crippen molar-refractivity contribution in [1.82, 2.24) is 10.4 Å². The van der Waals surface area contributed by atoms with E-state index in [2.05, 4.69) is 10.7 Å². The Balaban J connectivity index is 1.52. The van der Waals surface area contributed by atoms with E-state index in [0.29, 0.717) is 0 Å². The third-order valence-electron chi connectivity index (χ3n) is 5.64. The van der Waals surface area contributed by atoms with Gasteiger partial charge in [0.05, 0.1) is 17.4 Å². The van der Waals surface area contributed by atoms with Gasteiger partial charge < -0.3 is 10.1 Å². The molecule has 1 unspecified atom stereocenters. The monoisotopic (exact) mass is 482 g/mol. The Labute approximate surface area is 201 Å². The maximum absolute atomic E-state index is 12.4. The molecule has 184 valence electrons. The predicted octanol–water partition coefficient (Wildman–Crippen LogP) is 2.39. The van der Waals surface area contributed by atoms with E-state index < -0.39 is 41.1 Å².